The molecule has 1 aliphatic rings. The van der Waals surface area contributed by atoms with E-state index in [1.54, 1.807) is 6.92 Å². The zero-order chi connectivity index (χ0) is 13.8. The Balaban J connectivity index is 2.53. The molecule has 1 saturated heterocycles. The van der Waals surface area contributed by atoms with Crippen molar-refractivity contribution in [2.24, 2.45) is 5.92 Å². The first-order chi connectivity index (χ1) is 8.39. The van der Waals surface area contributed by atoms with Crippen LogP contribution >= 0.6 is 0 Å². The fraction of sp³-hybridized carbons (Fsp3) is 0.857. The van der Waals surface area contributed by atoms with Crippen molar-refractivity contribution in [1.82, 2.24) is 5.32 Å². The largest absolute Gasteiger partial charge is 0.333 e. The number of carbonyl (C=O) groups is 1. The molecular formula is C14H26N3O+. The van der Waals surface area contributed by atoms with Crippen molar-refractivity contribution in [3.63, 3.8) is 0 Å². The van der Waals surface area contributed by atoms with Gasteiger partial charge < -0.3 is 10.2 Å². The van der Waals surface area contributed by atoms with Gasteiger partial charge in [-0.15, -0.1) is 0 Å². The summed E-state index contributed by atoms with van der Waals surface area (Å²) < 4.78 is 0. The van der Waals surface area contributed by atoms with E-state index in [0.717, 1.165) is 6.54 Å². The summed E-state index contributed by atoms with van der Waals surface area (Å²) in [5.74, 6) is 0.108. The molecule has 1 aliphatic heterocycles. The predicted octanol–water partition coefficient (Wildman–Crippen LogP) is 0.498. The molecule has 0 saturated carbocycles. The first-order valence-electron chi connectivity index (χ1n) is 6.96. The molecule has 0 radical (unpaired) electrons. The average Bonchev–Trinajstić information content (AvgIpc) is 2.31. The molecule has 18 heavy (non-hydrogen) atoms. The van der Waals surface area contributed by atoms with Crippen molar-refractivity contribution in [2.45, 2.75) is 58.5 Å². The summed E-state index contributed by atoms with van der Waals surface area (Å²) in [6, 6.07) is 2.77. The Morgan fingerprint density at radius 3 is 2.72 bits per heavy atom. The van der Waals surface area contributed by atoms with E-state index >= 15 is 0 Å². The van der Waals surface area contributed by atoms with Gasteiger partial charge in [0.25, 0.3) is 5.91 Å². The van der Waals surface area contributed by atoms with E-state index in [4.69, 9.17) is 0 Å². The molecule has 0 bridgehead atoms. The lowest BCUT2D eigenvalue weighted by atomic mass is 9.90. The van der Waals surface area contributed by atoms with Crippen LogP contribution in [0.5, 0.6) is 0 Å². The summed E-state index contributed by atoms with van der Waals surface area (Å²) >= 11 is 0. The number of carbonyl (C=O) groups excluding carboxylic acids is 1. The van der Waals surface area contributed by atoms with Gasteiger partial charge in [0.15, 0.2) is 6.54 Å². The summed E-state index contributed by atoms with van der Waals surface area (Å²) in [7, 11) is 0. The van der Waals surface area contributed by atoms with Crippen molar-refractivity contribution in [3.8, 4) is 6.07 Å². The summed E-state index contributed by atoms with van der Waals surface area (Å²) in [6.45, 7) is 9.47. The SMILES string of the molecule is CC(C)[C@](C)(C#N)NC(=O)C[NH+]1CCCC[C@@H]1C. The van der Waals surface area contributed by atoms with E-state index in [2.05, 4.69) is 18.3 Å². The van der Waals surface area contributed by atoms with Crippen LogP contribution in [-0.4, -0.2) is 30.6 Å². The summed E-state index contributed by atoms with van der Waals surface area (Å²) in [5.41, 5.74) is -0.754. The number of nitrogens with one attached hydrogen (secondary N) is 2. The molecule has 1 rings (SSSR count). The summed E-state index contributed by atoms with van der Waals surface area (Å²) in [6.07, 6.45) is 3.67. The van der Waals surface area contributed by atoms with Crippen LogP contribution in [0.25, 0.3) is 0 Å². The van der Waals surface area contributed by atoms with Crippen LogP contribution in [0, 0.1) is 17.2 Å². The molecule has 1 fully saturated rings. The molecule has 0 aromatic rings. The number of piperidine rings is 1. The Morgan fingerprint density at radius 1 is 1.56 bits per heavy atom. The standard InChI is InChI=1S/C14H25N3O/c1-11(2)14(4,10-15)16-13(18)9-17-8-6-5-7-12(17)3/h11-12H,5-9H2,1-4H3,(H,16,18)/p+1/t12-,14-/m0/s1. The van der Waals surface area contributed by atoms with Crippen LogP contribution in [0.15, 0.2) is 0 Å². The lowest BCUT2D eigenvalue weighted by Crippen LogP contribution is -3.17. The smallest absolute Gasteiger partial charge is 0.276 e. The Hall–Kier alpha value is -1.08. The van der Waals surface area contributed by atoms with Crippen molar-refractivity contribution >= 4 is 5.91 Å². The van der Waals surface area contributed by atoms with Gasteiger partial charge in [0.2, 0.25) is 0 Å². The number of likely N-dealkylation sites (tertiary alicyclic amines) is 1. The van der Waals surface area contributed by atoms with Crippen molar-refractivity contribution in [1.29, 1.82) is 5.26 Å². The third kappa shape index (κ3) is 3.71. The van der Waals surface area contributed by atoms with Crippen molar-refractivity contribution in [3.05, 3.63) is 0 Å². The number of hydrogen-bond acceptors (Lipinski definition) is 2. The minimum absolute atomic E-state index is 0.00324. The Labute approximate surface area is 110 Å². The maximum absolute atomic E-state index is 12.1. The molecular weight excluding hydrogens is 226 g/mol. The van der Waals surface area contributed by atoms with Gasteiger partial charge in [-0.2, -0.15) is 5.26 Å². The van der Waals surface area contributed by atoms with Crippen molar-refractivity contribution in [2.75, 3.05) is 13.1 Å². The molecule has 1 heterocycles. The maximum atomic E-state index is 12.1. The molecule has 102 valence electrons. The number of amides is 1. The second kappa shape index (κ2) is 6.19. The van der Waals surface area contributed by atoms with Crippen LogP contribution in [-0.2, 0) is 4.79 Å². The second-order valence-electron chi connectivity index (χ2n) is 6.00. The van der Waals surface area contributed by atoms with E-state index < -0.39 is 5.54 Å². The topological polar surface area (TPSA) is 57.3 Å². The Morgan fingerprint density at radius 2 is 2.22 bits per heavy atom. The van der Waals surface area contributed by atoms with E-state index in [1.807, 2.05) is 13.8 Å². The van der Waals surface area contributed by atoms with E-state index in [9.17, 15) is 10.1 Å². The van der Waals surface area contributed by atoms with Crippen molar-refractivity contribution < 1.29 is 9.69 Å². The molecule has 1 amide bonds. The second-order valence-corrected chi connectivity index (χ2v) is 6.00. The van der Waals surface area contributed by atoms with Gasteiger partial charge in [0.05, 0.1) is 18.7 Å². The van der Waals surface area contributed by atoms with Gasteiger partial charge in [-0.05, 0) is 39.0 Å². The van der Waals surface area contributed by atoms with Gasteiger partial charge in [-0.3, -0.25) is 4.79 Å². The lowest BCUT2D eigenvalue weighted by Gasteiger charge is -2.32. The third-order valence-corrected chi connectivity index (χ3v) is 4.26. The molecule has 4 nitrogen and oxygen atoms in total. The molecule has 2 N–H and O–H groups in total. The minimum atomic E-state index is -0.754. The fourth-order valence-corrected chi connectivity index (χ4v) is 2.36. The monoisotopic (exact) mass is 252 g/mol. The quantitative estimate of drug-likeness (QED) is 0.765. The number of hydrogen-bond donors (Lipinski definition) is 2. The fourth-order valence-electron chi connectivity index (χ4n) is 2.36. The highest BCUT2D eigenvalue weighted by atomic mass is 16.2. The van der Waals surface area contributed by atoms with Gasteiger partial charge in [-0.1, -0.05) is 13.8 Å². The van der Waals surface area contributed by atoms with E-state index in [-0.39, 0.29) is 11.8 Å². The highest BCUT2D eigenvalue weighted by Crippen LogP contribution is 2.14. The predicted molar refractivity (Wildman–Crippen MR) is 71.0 cm³/mol. The number of nitriles is 1. The molecule has 0 aromatic carbocycles. The first-order valence-corrected chi connectivity index (χ1v) is 6.96. The number of quaternary nitrogens is 1. The summed E-state index contributed by atoms with van der Waals surface area (Å²) in [4.78, 5) is 13.4. The normalized spacial score (nSPS) is 27.3. The van der Waals surface area contributed by atoms with Crippen LogP contribution in [0.4, 0.5) is 0 Å². The zero-order valence-corrected chi connectivity index (χ0v) is 12.0. The first kappa shape index (κ1) is 15.0. The van der Waals surface area contributed by atoms with Gasteiger partial charge >= 0.3 is 0 Å². The van der Waals surface area contributed by atoms with Crippen LogP contribution in [0.3, 0.4) is 0 Å². The highest BCUT2D eigenvalue weighted by Gasteiger charge is 2.32. The summed E-state index contributed by atoms with van der Waals surface area (Å²) in [5, 5.41) is 12.1. The van der Waals surface area contributed by atoms with Gasteiger partial charge in [-0.25, -0.2) is 0 Å². The Bertz CT molecular complexity index is 334. The molecule has 1 unspecified atom stereocenters. The molecule has 0 aliphatic carbocycles. The van der Waals surface area contributed by atoms with Crippen LogP contribution < -0.4 is 10.2 Å². The zero-order valence-electron chi connectivity index (χ0n) is 12.0. The average molecular weight is 252 g/mol. The van der Waals surface area contributed by atoms with Crippen LogP contribution in [0.2, 0.25) is 0 Å². The minimum Gasteiger partial charge on any atom is -0.333 e. The van der Waals surface area contributed by atoms with Gasteiger partial charge in [0.1, 0.15) is 5.54 Å². The molecule has 0 aromatic heterocycles. The maximum Gasteiger partial charge on any atom is 0.276 e. The van der Waals surface area contributed by atoms with E-state index in [0.29, 0.717) is 12.6 Å². The number of nitrogens with zero attached hydrogens (tertiary/aromatic N) is 1. The molecule has 0 spiro atoms. The van der Waals surface area contributed by atoms with Crippen LogP contribution in [0.1, 0.15) is 47.0 Å². The molecule has 3 atom stereocenters. The number of rotatable bonds is 4. The third-order valence-electron chi connectivity index (χ3n) is 4.26. The van der Waals surface area contributed by atoms with Gasteiger partial charge in [0, 0.05) is 0 Å². The highest BCUT2D eigenvalue weighted by molar-refractivity contribution is 5.78. The van der Waals surface area contributed by atoms with E-state index in [1.165, 1.54) is 24.2 Å². The molecule has 4 heteroatoms. The lowest BCUT2D eigenvalue weighted by molar-refractivity contribution is -0.921. The Kier molecular flexibility index (Phi) is 5.15.